The largest absolute Gasteiger partial charge is 0.337 e. The molecule has 0 aromatic heterocycles. The summed E-state index contributed by atoms with van der Waals surface area (Å²) < 4.78 is 26.5. The summed E-state index contributed by atoms with van der Waals surface area (Å²) in [4.78, 5) is 14.1. The molecule has 0 unspecified atom stereocenters. The van der Waals surface area contributed by atoms with E-state index in [-0.39, 0.29) is 29.8 Å². The van der Waals surface area contributed by atoms with Gasteiger partial charge in [0, 0.05) is 38.6 Å². The first kappa shape index (κ1) is 15.9. The highest BCUT2D eigenvalue weighted by molar-refractivity contribution is 7.89. The smallest absolute Gasteiger partial charge is 0.240 e. The number of piperazine rings is 1. The predicted molar refractivity (Wildman–Crippen MR) is 80.3 cm³/mol. The van der Waals surface area contributed by atoms with Crippen LogP contribution < -0.4 is 10.0 Å². The number of nitrogens with zero attached hydrogens (tertiary/aromatic N) is 1. The van der Waals surface area contributed by atoms with E-state index in [1.165, 1.54) is 12.1 Å². The van der Waals surface area contributed by atoms with Gasteiger partial charge in [-0.25, -0.2) is 13.1 Å². The summed E-state index contributed by atoms with van der Waals surface area (Å²) in [6.45, 7) is 4.34. The maximum atomic E-state index is 12.1. The van der Waals surface area contributed by atoms with E-state index in [1.54, 1.807) is 23.1 Å². The third kappa shape index (κ3) is 4.26. The standard InChI is InChI=1S/C14H21N3O3S/c1-12-11-15-9-10-17(12)14(18)7-8-16-21(19,20)13-5-3-2-4-6-13/h2-6,12,15-16H,7-11H2,1H3/t12-/m0/s1. The van der Waals surface area contributed by atoms with Crippen LogP contribution in [0.2, 0.25) is 0 Å². The van der Waals surface area contributed by atoms with Crippen LogP contribution >= 0.6 is 0 Å². The van der Waals surface area contributed by atoms with E-state index in [2.05, 4.69) is 10.0 Å². The molecular weight excluding hydrogens is 290 g/mol. The molecule has 1 aromatic carbocycles. The van der Waals surface area contributed by atoms with Crippen LogP contribution in [0.15, 0.2) is 35.2 Å². The van der Waals surface area contributed by atoms with Crippen molar-refractivity contribution in [1.82, 2.24) is 14.9 Å². The number of rotatable bonds is 5. The second-order valence-corrected chi connectivity index (χ2v) is 6.87. The Morgan fingerprint density at radius 2 is 2.10 bits per heavy atom. The number of carbonyl (C=O) groups excluding carboxylic acids is 1. The quantitative estimate of drug-likeness (QED) is 0.813. The molecule has 1 saturated heterocycles. The Morgan fingerprint density at radius 1 is 1.38 bits per heavy atom. The van der Waals surface area contributed by atoms with E-state index in [0.717, 1.165) is 13.1 Å². The summed E-state index contributed by atoms with van der Waals surface area (Å²) in [6, 6.07) is 8.31. The van der Waals surface area contributed by atoms with E-state index in [0.29, 0.717) is 6.54 Å². The minimum absolute atomic E-state index is 0.0141. The lowest BCUT2D eigenvalue weighted by atomic mass is 10.2. The topological polar surface area (TPSA) is 78.5 Å². The molecule has 116 valence electrons. The number of hydrogen-bond donors (Lipinski definition) is 2. The zero-order valence-corrected chi connectivity index (χ0v) is 12.9. The summed E-state index contributed by atoms with van der Waals surface area (Å²) in [7, 11) is -3.53. The van der Waals surface area contributed by atoms with Gasteiger partial charge in [0.15, 0.2) is 0 Å². The first-order valence-electron chi connectivity index (χ1n) is 7.05. The molecule has 1 aromatic rings. The lowest BCUT2D eigenvalue weighted by molar-refractivity contribution is -0.133. The van der Waals surface area contributed by atoms with E-state index < -0.39 is 10.0 Å². The van der Waals surface area contributed by atoms with Crippen molar-refractivity contribution in [2.45, 2.75) is 24.3 Å². The van der Waals surface area contributed by atoms with Crippen LogP contribution in [0.1, 0.15) is 13.3 Å². The molecule has 1 aliphatic rings. The van der Waals surface area contributed by atoms with Gasteiger partial charge in [-0.2, -0.15) is 0 Å². The van der Waals surface area contributed by atoms with Gasteiger partial charge in [0.2, 0.25) is 15.9 Å². The lowest BCUT2D eigenvalue weighted by Crippen LogP contribution is -2.52. The molecule has 21 heavy (non-hydrogen) atoms. The summed E-state index contributed by atoms with van der Waals surface area (Å²) in [5, 5.41) is 3.22. The molecule has 1 aliphatic heterocycles. The van der Waals surface area contributed by atoms with Crippen LogP contribution in [0.3, 0.4) is 0 Å². The molecule has 0 bridgehead atoms. The van der Waals surface area contributed by atoms with Gasteiger partial charge in [0.1, 0.15) is 0 Å². The first-order valence-corrected chi connectivity index (χ1v) is 8.54. The van der Waals surface area contributed by atoms with Crippen LogP contribution in [0, 0.1) is 0 Å². The van der Waals surface area contributed by atoms with Gasteiger partial charge in [-0.15, -0.1) is 0 Å². The highest BCUT2D eigenvalue weighted by atomic mass is 32.2. The third-order valence-electron chi connectivity index (χ3n) is 3.51. The van der Waals surface area contributed by atoms with Crippen molar-refractivity contribution in [2.24, 2.45) is 0 Å². The molecule has 1 heterocycles. The Morgan fingerprint density at radius 3 is 2.76 bits per heavy atom. The number of carbonyl (C=O) groups is 1. The van der Waals surface area contributed by atoms with Crippen molar-refractivity contribution in [3.05, 3.63) is 30.3 Å². The number of hydrogen-bond acceptors (Lipinski definition) is 4. The number of sulfonamides is 1. The Kier molecular flexibility index (Phi) is 5.33. The van der Waals surface area contributed by atoms with Crippen LogP contribution in [-0.2, 0) is 14.8 Å². The van der Waals surface area contributed by atoms with Gasteiger partial charge in [-0.05, 0) is 19.1 Å². The van der Waals surface area contributed by atoms with Gasteiger partial charge in [-0.1, -0.05) is 18.2 Å². The molecule has 2 rings (SSSR count). The fourth-order valence-corrected chi connectivity index (χ4v) is 3.38. The molecule has 6 nitrogen and oxygen atoms in total. The average Bonchev–Trinajstić information content (AvgIpc) is 2.48. The summed E-state index contributed by atoms with van der Waals surface area (Å²) in [6.07, 6.45) is 0.177. The zero-order chi connectivity index (χ0) is 15.3. The normalized spacial score (nSPS) is 19.5. The Hall–Kier alpha value is -1.44. The SMILES string of the molecule is C[C@H]1CNCCN1C(=O)CCNS(=O)(=O)c1ccccc1. The van der Waals surface area contributed by atoms with Gasteiger partial charge in [0.05, 0.1) is 4.90 Å². The van der Waals surface area contributed by atoms with Crippen LogP contribution in [0.25, 0.3) is 0 Å². The van der Waals surface area contributed by atoms with Crippen molar-refractivity contribution < 1.29 is 13.2 Å². The van der Waals surface area contributed by atoms with E-state index in [4.69, 9.17) is 0 Å². The molecule has 2 N–H and O–H groups in total. The van der Waals surface area contributed by atoms with Gasteiger partial charge in [-0.3, -0.25) is 4.79 Å². The molecule has 1 atom stereocenters. The second-order valence-electron chi connectivity index (χ2n) is 5.10. The Bertz CT molecular complexity index is 574. The lowest BCUT2D eigenvalue weighted by Gasteiger charge is -2.34. The highest BCUT2D eigenvalue weighted by Crippen LogP contribution is 2.08. The van der Waals surface area contributed by atoms with Crippen molar-refractivity contribution in [3.63, 3.8) is 0 Å². The Labute approximate surface area is 125 Å². The number of nitrogens with one attached hydrogen (secondary N) is 2. The zero-order valence-electron chi connectivity index (χ0n) is 12.1. The second kappa shape index (κ2) is 7.02. The number of amides is 1. The van der Waals surface area contributed by atoms with Gasteiger partial charge >= 0.3 is 0 Å². The van der Waals surface area contributed by atoms with Gasteiger partial charge in [0.25, 0.3) is 0 Å². The predicted octanol–water partition coefficient (Wildman–Crippen LogP) is 0.175. The van der Waals surface area contributed by atoms with Crippen LogP contribution in [0.4, 0.5) is 0 Å². The number of benzene rings is 1. The van der Waals surface area contributed by atoms with E-state index >= 15 is 0 Å². The molecule has 1 fully saturated rings. The molecule has 0 spiro atoms. The maximum Gasteiger partial charge on any atom is 0.240 e. The fourth-order valence-electron chi connectivity index (χ4n) is 2.33. The minimum atomic E-state index is -3.53. The van der Waals surface area contributed by atoms with Crippen molar-refractivity contribution in [3.8, 4) is 0 Å². The molecule has 0 radical (unpaired) electrons. The molecule has 0 aliphatic carbocycles. The molecular formula is C14H21N3O3S. The average molecular weight is 311 g/mol. The summed E-state index contributed by atoms with van der Waals surface area (Å²) >= 11 is 0. The van der Waals surface area contributed by atoms with Crippen molar-refractivity contribution >= 4 is 15.9 Å². The molecule has 1 amide bonds. The highest BCUT2D eigenvalue weighted by Gasteiger charge is 2.23. The summed E-state index contributed by atoms with van der Waals surface area (Å²) in [5.74, 6) is -0.0141. The van der Waals surface area contributed by atoms with E-state index in [1.807, 2.05) is 6.92 Å². The Balaban J connectivity index is 1.85. The van der Waals surface area contributed by atoms with Crippen LogP contribution in [-0.4, -0.2) is 51.4 Å². The van der Waals surface area contributed by atoms with Crippen molar-refractivity contribution in [1.29, 1.82) is 0 Å². The minimum Gasteiger partial charge on any atom is -0.337 e. The fraction of sp³-hybridized carbons (Fsp3) is 0.500. The van der Waals surface area contributed by atoms with Gasteiger partial charge < -0.3 is 10.2 Å². The molecule has 0 saturated carbocycles. The first-order chi connectivity index (χ1) is 10.0. The van der Waals surface area contributed by atoms with Crippen LogP contribution in [0.5, 0.6) is 0 Å². The maximum absolute atomic E-state index is 12.1. The summed E-state index contributed by atoms with van der Waals surface area (Å²) in [5.41, 5.74) is 0. The van der Waals surface area contributed by atoms with E-state index in [9.17, 15) is 13.2 Å². The monoisotopic (exact) mass is 311 g/mol. The third-order valence-corrected chi connectivity index (χ3v) is 4.98. The van der Waals surface area contributed by atoms with Crippen molar-refractivity contribution in [2.75, 3.05) is 26.2 Å². The molecule has 7 heteroatoms.